The average molecular weight is 347 g/mol. The molecule has 5 nitrogen and oxygen atoms in total. The molecule has 0 aliphatic rings. The summed E-state index contributed by atoms with van der Waals surface area (Å²) in [4.78, 5) is 14.3. The molecule has 128 valence electrons. The van der Waals surface area contributed by atoms with Crippen molar-refractivity contribution >= 4 is 22.3 Å². The van der Waals surface area contributed by atoms with E-state index in [1.165, 1.54) is 19.1 Å². The predicted octanol–water partition coefficient (Wildman–Crippen LogP) is 4.72. The molecule has 3 aromatic rings. The Kier molecular flexibility index (Phi) is 3.82. The van der Waals surface area contributed by atoms with Crippen molar-refractivity contribution in [3.8, 4) is 11.1 Å². The molecule has 0 fully saturated rings. The van der Waals surface area contributed by atoms with E-state index < -0.39 is 16.7 Å². The number of nitrogen functional groups attached to an aromatic ring is 1. The molecule has 0 radical (unpaired) electrons. The van der Waals surface area contributed by atoms with Crippen molar-refractivity contribution in [1.82, 2.24) is 4.98 Å². The number of hydrogen-bond acceptors (Lipinski definition) is 4. The maximum absolute atomic E-state index is 13.1. The maximum Gasteiger partial charge on any atom is 0.416 e. The Bertz CT molecular complexity index is 1000. The second kappa shape index (κ2) is 5.73. The van der Waals surface area contributed by atoms with E-state index in [1.807, 2.05) is 0 Å². The van der Waals surface area contributed by atoms with Gasteiger partial charge in [0.1, 0.15) is 11.9 Å². The first-order valence-corrected chi connectivity index (χ1v) is 7.20. The van der Waals surface area contributed by atoms with Crippen molar-refractivity contribution in [2.75, 3.05) is 5.73 Å². The highest BCUT2D eigenvalue weighted by molar-refractivity contribution is 5.97. The normalized spacial score (nSPS) is 11.7. The fraction of sp³-hybridized carbons (Fsp3) is 0.118. The number of benzene rings is 2. The largest absolute Gasteiger partial charge is 0.416 e. The van der Waals surface area contributed by atoms with Crippen molar-refractivity contribution in [2.45, 2.75) is 13.1 Å². The number of aromatic nitrogens is 1. The van der Waals surface area contributed by atoms with Crippen LogP contribution >= 0.6 is 0 Å². The van der Waals surface area contributed by atoms with Crippen LogP contribution in [0.3, 0.4) is 0 Å². The van der Waals surface area contributed by atoms with Crippen molar-refractivity contribution in [3.05, 3.63) is 63.8 Å². The third-order valence-electron chi connectivity index (χ3n) is 4.04. The van der Waals surface area contributed by atoms with Crippen LogP contribution in [0.2, 0.25) is 0 Å². The van der Waals surface area contributed by atoms with Crippen LogP contribution in [0, 0.1) is 17.0 Å². The fourth-order valence-corrected chi connectivity index (χ4v) is 2.77. The molecule has 0 unspecified atom stereocenters. The second-order valence-corrected chi connectivity index (χ2v) is 5.52. The van der Waals surface area contributed by atoms with Crippen LogP contribution in [0.25, 0.3) is 22.0 Å². The Balaban J connectivity index is 2.24. The Labute approximate surface area is 140 Å². The highest BCUT2D eigenvalue weighted by Gasteiger charge is 2.33. The van der Waals surface area contributed by atoms with Gasteiger partial charge in [-0.2, -0.15) is 13.2 Å². The van der Waals surface area contributed by atoms with Gasteiger partial charge in [-0.15, -0.1) is 0 Å². The molecule has 25 heavy (non-hydrogen) atoms. The van der Waals surface area contributed by atoms with E-state index in [0.717, 1.165) is 12.3 Å². The summed E-state index contributed by atoms with van der Waals surface area (Å²) >= 11 is 0. The number of fused-ring (bicyclic) bond motifs is 1. The van der Waals surface area contributed by atoms with Crippen LogP contribution in [0.4, 0.5) is 24.5 Å². The molecule has 0 saturated heterocycles. The monoisotopic (exact) mass is 347 g/mol. The number of nitrogens with two attached hydrogens (primary N) is 1. The van der Waals surface area contributed by atoms with E-state index in [1.54, 1.807) is 18.2 Å². The van der Waals surface area contributed by atoms with Crippen LogP contribution in [-0.4, -0.2) is 9.91 Å². The van der Waals surface area contributed by atoms with Gasteiger partial charge in [0.25, 0.3) is 0 Å². The van der Waals surface area contributed by atoms with Crippen LogP contribution in [-0.2, 0) is 6.18 Å². The van der Waals surface area contributed by atoms with Gasteiger partial charge in [0, 0.05) is 5.39 Å². The number of alkyl halides is 3. The van der Waals surface area contributed by atoms with Gasteiger partial charge in [-0.1, -0.05) is 18.2 Å². The summed E-state index contributed by atoms with van der Waals surface area (Å²) in [6.45, 7) is 1.39. The number of hydrogen-bond donors (Lipinski definition) is 1. The van der Waals surface area contributed by atoms with E-state index in [0.29, 0.717) is 22.0 Å². The summed E-state index contributed by atoms with van der Waals surface area (Å²) in [5, 5.41) is 11.3. The lowest BCUT2D eigenvalue weighted by molar-refractivity contribution is -0.384. The third-order valence-corrected chi connectivity index (χ3v) is 4.04. The lowest BCUT2D eigenvalue weighted by Crippen LogP contribution is -2.08. The molecule has 0 aliphatic carbocycles. The first kappa shape index (κ1) is 16.7. The van der Waals surface area contributed by atoms with Crippen LogP contribution in [0.5, 0.6) is 0 Å². The van der Waals surface area contributed by atoms with Crippen molar-refractivity contribution in [1.29, 1.82) is 0 Å². The molecule has 0 saturated carbocycles. The Morgan fingerprint density at radius 2 is 1.92 bits per heavy atom. The Hall–Kier alpha value is -3.16. The second-order valence-electron chi connectivity index (χ2n) is 5.52. The lowest BCUT2D eigenvalue weighted by Gasteiger charge is -2.14. The average Bonchev–Trinajstić information content (AvgIpc) is 2.54. The van der Waals surface area contributed by atoms with Crippen LogP contribution in [0.15, 0.2) is 42.6 Å². The predicted molar refractivity (Wildman–Crippen MR) is 88.0 cm³/mol. The summed E-state index contributed by atoms with van der Waals surface area (Å²) in [7, 11) is 0. The third kappa shape index (κ3) is 2.86. The van der Waals surface area contributed by atoms with Crippen molar-refractivity contribution in [2.24, 2.45) is 0 Å². The molecule has 1 heterocycles. The SMILES string of the molecule is Cc1c(-c2ccc3ncc([N+](=O)[O-])c(N)c3c2)cccc1C(F)(F)F. The topological polar surface area (TPSA) is 82.0 Å². The van der Waals surface area contributed by atoms with E-state index >= 15 is 0 Å². The molecule has 0 atom stereocenters. The molecule has 0 aliphatic heterocycles. The highest BCUT2D eigenvalue weighted by atomic mass is 19.4. The van der Waals surface area contributed by atoms with Crippen molar-refractivity contribution in [3.63, 3.8) is 0 Å². The molecule has 0 amide bonds. The molecule has 0 spiro atoms. The molecule has 0 bridgehead atoms. The van der Waals surface area contributed by atoms with Crippen LogP contribution < -0.4 is 5.73 Å². The number of halogens is 3. The minimum absolute atomic E-state index is 0.0681. The summed E-state index contributed by atoms with van der Waals surface area (Å²) in [5.41, 5.74) is 6.06. The van der Waals surface area contributed by atoms with Gasteiger partial charge >= 0.3 is 11.9 Å². The smallest absolute Gasteiger partial charge is 0.393 e. The minimum Gasteiger partial charge on any atom is -0.393 e. The number of nitrogens with zero attached hydrogens (tertiary/aromatic N) is 2. The number of pyridine rings is 1. The minimum atomic E-state index is -4.46. The fourth-order valence-electron chi connectivity index (χ4n) is 2.77. The van der Waals surface area contributed by atoms with E-state index in [4.69, 9.17) is 5.73 Å². The first-order valence-electron chi connectivity index (χ1n) is 7.20. The van der Waals surface area contributed by atoms with Gasteiger partial charge in [0.2, 0.25) is 0 Å². The van der Waals surface area contributed by atoms with Gasteiger partial charge in [-0.05, 0) is 41.8 Å². The van der Waals surface area contributed by atoms with E-state index in [2.05, 4.69) is 4.98 Å². The maximum atomic E-state index is 13.1. The Morgan fingerprint density at radius 3 is 2.56 bits per heavy atom. The molecular formula is C17H12F3N3O2. The zero-order valence-corrected chi connectivity index (χ0v) is 13.0. The first-order chi connectivity index (χ1) is 11.7. The van der Waals surface area contributed by atoms with E-state index in [-0.39, 0.29) is 16.9 Å². The summed E-state index contributed by atoms with van der Waals surface area (Å²) < 4.78 is 39.3. The lowest BCUT2D eigenvalue weighted by atomic mass is 9.95. The molecule has 1 aromatic heterocycles. The Morgan fingerprint density at radius 1 is 1.20 bits per heavy atom. The zero-order valence-electron chi connectivity index (χ0n) is 13.0. The van der Waals surface area contributed by atoms with Gasteiger partial charge in [0.15, 0.2) is 0 Å². The zero-order chi connectivity index (χ0) is 18.4. The molecular weight excluding hydrogens is 335 g/mol. The quantitative estimate of drug-likeness (QED) is 0.537. The molecule has 8 heteroatoms. The molecule has 3 rings (SSSR count). The number of nitro groups is 1. The van der Waals surface area contributed by atoms with Crippen LogP contribution in [0.1, 0.15) is 11.1 Å². The standard InChI is InChI=1S/C17H12F3N3O2/c1-9-11(3-2-4-13(9)17(18,19)20)10-5-6-14-12(7-10)16(21)15(8-22-14)23(24)25/h2-8H,1H3,(H2,21,22). The summed E-state index contributed by atoms with van der Waals surface area (Å²) in [6.07, 6.45) is -3.40. The molecule has 2 aromatic carbocycles. The van der Waals surface area contributed by atoms with Gasteiger partial charge < -0.3 is 5.73 Å². The van der Waals surface area contributed by atoms with Gasteiger partial charge in [-0.3, -0.25) is 10.1 Å². The summed E-state index contributed by atoms with van der Waals surface area (Å²) in [5.74, 6) is 0. The number of rotatable bonds is 2. The highest BCUT2D eigenvalue weighted by Crippen LogP contribution is 2.38. The van der Waals surface area contributed by atoms with E-state index in [9.17, 15) is 23.3 Å². The van der Waals surface area contributed by atoms with Gasteiger partial charge in [0.05, 0.1) is 16.0 Å². The van der Waals surface area contributed by atoms with Gasteiger partial charge in [-0.25, -0.2) is 4.98 Å². The number of anilines is 1. The molecule has 2 N–H and O–H groups in total. The van der Waals surface area contributed by atoms with Crippen molar-refractivity contribution < 1.29 is 18.1 Å². The summed E-state index contributed by atoms with van der Waals surface area (Å²) in [6, 6.07) is 8.61.